The quantitative estimate of drug-likeness (QED) is 0.806. The van der Waals surface area contributed by atoms with Crippen LogP contribution in [-0.2, 0) is 6.54 Å². The van der Waals surface area contributed by atoms with Crippen LogP contribution in [0.25, 0.3) is 0 Å². The van der Waals surface area contributed by atoms with Crippen LogP contribution in [0.5, 0.6) is 5.75 Å². The van der Waals surface area contributed by atoms with E-state index in [1.165, 1.54) is 6.92 Å². The number of carbonyl (C=O) groups is 1. The Bertz CT molecular complexity index is 404. The average Bonchev–Trinajstić information content (AvgIpc) is 2.14. The summed E-state index contributed by atoms with van der Waals surface area (Å²) in [4.78, 5) is 14.5. The second-order valence-corrected chi connectivity index (χ2v) is 2.98. The number of nitrogens with two attached hydrogens (primary N) is 1. The summed E-state index contributed by atoms with van der Waals surface area (Å²) in [5.41, 5.74) is 5.40. The van der Waals surface area contributed by atoms with Crippen molar-refractivity contribution in [3.05, 3.63) is 23.0 Å². The van der Waals surface area contributed by atoms with E-state index in [1.54, 1.807) is 0 Å². The van der Waals surface area contributed by atoms with Gasteiger partial charge in [0.2, 0.25) is 0 Å². The standard InChI is InChI=1S/C9H9F3N2O2/c1-5-7(4-15)8(16-9(10,11)12)2-6(3-13)14-5/h2,4H,3,13H2,1H3. The van der Waals surface area contributed by atoms with E-state index in [0.29, 0.717) is 0 Å². The van der Waals surface area contributed by atoms with Gasteiger partial charge in [-0.05, 0) is 6.92 Å². The van der Waals surface area contributed by atoms with Gasteiger partial charge in [-0.2, -0.15) is 0 Å². The van der Waals surface area contributed by atoms with Crippen molar-refractivity contribution in [2.24, 2.45) is 5.73 Å². The van der Waals surface area contributed by atoms with Crippen molar-refractivity contribution in [3.8, 4) is 5.75 Å². The van der Waals surface area contributed by atoms with Gasteiger partial charge in [-0.3, -0.25) is 9.78 Å². The first-order chi connectivity index (χ1) is 7.37. The van der Waals surface area contributed by atoms with Crippen molar-refractivity contribution in [2.45, 2.75) is 19.8 Å². The minimum atomic E-state index is -4.85. The van der Waals surface area contributed by atoms with Gasteiger partial charge in [-0.15, -0.1) is 13.2 Å². The molecule has 0 amide bonds. The van der Waals surface area contributed by atoms with Gasteiger partial charge >= 0.3 is 6.36 Å². The fourth-order valence-electron chi connectivity index (χ4n) is 1.17. The highest BCUT2D eigenvalue weighted by Gasteiger charge is 2.32. The van der Waals surface area contributed by atoms with Crippen molar-refractivity contribution in [3.63, 3.8) is 0 Å². The van der Waals surface area contributed by atoms with E-state index in [4.69, 9.17) is 5.73 Å². The monoisotopic (exact) mass is 234 g/mol. The smallest absolute Gasteiger partial charge is 0.405 e. The number of hydrogen-bond donors (Lipinski definition) is 1. The van der Waals surface area contributed by atoms with E-state index < -0.39 is 12.1 Å². The number of aryl methyl sites for hydroxylation is 1. The molecule has 0 fully saturated rings. The fraction of sp³-hybridized carbons (Fsp3) is 0.333. The first-order valence-corrected chi connectivity index (χ1v) is 4.29. The summed E-state index contributed by atoms with van der Waals surface area (Å²) < 4.78 is 39.8. The van der Waals surface area contributed by atoms with Crippen LogP contribution in [-0.4, -0.2) is 17.6 Å². The lowest BCUT2D eigenvalue weighted by atomic mass is 10.2. The predicted octanol–water partition coefficient (Wildman–Crippen LogP) is 1.56. The summed E-state index contributed by atoms with van der Waals surface area (Å²) in [5, 5.41) is 0. The molecule has 16 heavy (non-hydrogen) atoms. The minimum absolute atomic E-state index is 0.0335. The number of carbonyl (C=O) groups excluding carboxylic acids is 1. The third kappa shape index (κ3) is 2.93. The third-order valence-corrected chi connectivity index (χ3v) is 1.82. The van der Waals surface area contributed by atoms with Gasteiger partial charge in [-0.1, -0.05) is 0 Å². The molecular weight excluding hydrogens is 225 g/mol. The zero-order chi connectivity index (χ0) is 12.3. The van der Waals surface area contributed by atoms with Gasteiger partial charge in [0.25, 0.3) is 0 Å². The topological polar surface area (TPSA) is 65.2 Å². The lowest BCUT2D eigenvalue weighted by Gasteiger charge is -2.12. The summed E-state index contributed by atoms with van der Waals surface area (Å²) in [7, 11) is 0. The lowest BCUT2D eigenvalue weighted by molar-refractivity contribution is -0.274. The molecular formula is C9H9F3N2O2. The van der Waals surface area contributed by atoms with E-state index in [-0.39, 0.29) is 29.8 Å². The van der Waals surface area contributed by atoms with Crippen LogP contribution in [0, 0.1) is 6.92 Å². The molecule has 0 saturated heterocycles. The zero-order valence-electron chi connectivity index (χ0n) is 8.34. The largest absolute Gasteiger partial charge is 0.573 e. The molecule has 0 unspecified atom stereocenters. The molecule has 0 atom stereocenters. The first kappa shape index (κ1) is 12.4. The van der Waals surface area contributed by atoms with Crippen LogP contribution >= 0.6 is 0 Å². The normalized spacial score (nSPS) is 11.3. The maximum absolute atomic E-state index is 12.0. The molecule has 0 aliphatic rings. The number of pyridine rings is 1. The van der Waals surface area contributed by atoms with Gasteiger partial charge in [0.05, 0.1) is 17.0 Å². The van der Waals surface area contributed by atoms with E-state index in [0.717, 1.165) is 6.07 Å². The Balaban J connectivity index is 3.23. The molecule has 0 saturated carbocycles. The van der Waals surface area contributed by atoms with Crippen LogP contribution in [0.15, 0.2) is 6.07 Å². The van der Waals surface area contributed by atoms with Crippen LogP contribution in [0.3, 0.4) is 0 Å². The maximum Gasteiger partial charge on any atom is 0.573 e. The Kier molecular flexibility index (Phi) is 3.48. The lowest BCUT2D eigenvalue weighted by Crippen LogP contribution is -2.19. The van der Waals surface area contributed by atoms with Crippen LogP contribution in [0.2, 0.25) is 0 Å². The maximum atomic E-state index is 12.0. The van der Waals surface area contributed by atoms with Crippen molar-refractivity contribution in [1.82, 2.24) is 4.98 Å². The third-order valence-electron chi connectivity index (χ3n) is 1.82. The van der Waals surface area contributed by atoms with Gasteiger partial charge in [-0.25, -0.2) is 0 Å². The Hall–Kier alpha value is -1.63. The van der Waals surface area contributed by atoms with Crippen LogP contribution in [0.1, 0.15) is 21.7 Å². The number of hydrogen-bond acceptors (Lipinski definition) is 4. The molecule has 1 rings (SSSR count). The van der Waals surface area contributed by atoms with Crippen molar-refractivity contribution in [2.75, 3.05) is 0 Å². The molecule has 0 bridgehead atoms. The number of alkyl halides is 3. The SMILES string of the molecule is Cc1nc(CN)cc(OC(F)(F)F)c1C=O. The molecule has 7 heteroatoms. The molecule has 0 aromatic carbocycles. The van der Waals surface area contributed by atoms with Crippen molar-refractivity contribution >= 4 is 6.29 Å². The Morgan fingerprint density at radius 2 is 2.19 bits per heavy atom. The molecule has 1 aromatic rings. The molecule has 0 spiro atoms. The van der Waals surface area contributed by atoms with E-state index in [9.17, 15) is 18.0 Å². The highest BCUT2D eigenvalue weighted by atomic mass is 19.4. The van der Waals surface area contributed by atoms with Gasteiger partial charge < -0.3 is 10.5 Å². The summed E-state index contributed by atoms with van der Waals surface area (Å²) in [5.74, 6) is -0.574. The Morgan fingerprint density at radius 3 is 2.62 bits per heavy atom. The predicted molar refractivity (Wildman–Crippen MR) is 48.9 cm³/mol. The van der Waals surface area contributed by atoms with Crippen molar-refractivity contribution < 1.29 is 22.7 Å². The molecule has 1 heterocycles. The summed E-state index contributed by atoms with van der Waals surface area (Å²) >= 11 is 0. The van der Waals surface area contributed by atoms with E-state index >= 15 is 0 Å². The van der Waals surface area contributed by atoms with Crippen LogP contribution < -0.4 is 10.5 Å². The van der Waals surface area contributed by atoms with E-state index in [1.807, 2.05) is 0 Å². The molecule has 0 aliphatic carbocycles. The summed E-state index contributed by atoms with van der Waals surface area (Å²) in [6, 6.07) is 1.00. The van der Waals surface area contributed by atoms with E-state index in [2.05, 4.69) is 9.72 Å². The Morgan fingerprint density at radius 1 is 1.56 bits per heavy atom. The number of ether oxygens (including phenoxy) is 1. The number of aromatic nitrogens is 1. The summed E-state index contributed by atoms with van der Waals surface area (Å²) in [6.07, 6.45) is -4.58. The zero-order valence-corrected chi connectivity index (χ0v) is 8.34. The molecule has 2 N–H and O–H groups in total. The molecule has 88 valence electrons. The first-order valence-electron chi connectivity index (χ1n) is 4.29. The molecule has 4 nitrogen and oxygen atoms in total. The fourth-order valence-corrected chi connectivity index (χ4v) is 1.17. The van der Waals surface area contributed by atoms with Gasteiger partial charge in [0, 0.05) is 12.6 Å². The van der Waals surface area contributed by atoms with Crippen LogP contribution in [0.4, 0.5) is 13.2 Å². The summed E-state index contributed by atoms with van der Waals surface area (Å²) in [6.45, 7) is 1.38. The highest BCUT2D eigenvalue weighted by Crippen LogP contribution is 2.27. The molecule has 0 aliphatic heterocycles. The van der Waals surface area contributed by atoms with Gasteiger partial charge in [0.1, 0.15) is 5.75 Å². The molecule has 1 aromatic heterocycles. The second kappa shape index (κ2) is 4.48. The average molecular weight is 234 g/mol. The number of rotatable bonds is 3. The minimum Gasteiger partial charge on any atom is -0.405 e. The number of halogens is 3. The Labute approximate surface area is 89.2 Å². The molecule has 0 radical (unpaired) electrons. The van der Waals surface area contributed by atoms with Gasteiger partial charge in [0.15, 0.2) is 6.29 Å². The van der Waals surface area contributed by atoms with Crippen molar-refractivity contribution in [1.29, 1.82) is 0 Å². The highest BCUT2D eigenvalue weighted by molar-refractivity contribution is 5.80. The second-order valence-electron chi connectivity index (χ2n) is 2.98. The number of aldehydes is 1. The number of nitrogens with zero attached hydrogens (tertiary/aromatic N) is 1.